The summed E-state index contributed by atoms with van der Waals surface area (Å²) in [6.07, 6.45) is 3.73. The molecule has 0 saturated heterocycles. The van der Waals surface area contributed by atoms with Gasteiger partial charge in [0.1, 0.15) is 5.75 Å². The van der Waals surface area contributed by atoms with Crippen LogP contribution in [-0.2, 0) is 4.79 Å². The van der Waals surface area contributed by atoms with E-state index in [4.69, 9.17) is 10.5 Å². The van der Waals surface area contributed by atoms with Crippen molar-refractivity contribution >= 4 is 32.6 Å². The number of fused-ring (bicyclic) bond motifs is 1. The molecule has 1 aromatic carbocycles. The Morgan fingerprint density at radius 3 is 3.10 bits per heavy atom. The molecule has 2 unspecified atom stereocenters. The Labute approximate surface area is 127 Å². The Morgan fingerprint density at radius 1 is 1.48 bits per heavy atom. The van der Waals surface area contributed by atoms with E-state index in [1.165, 1.54) is 11.3 Å². The van der Waals surface area contributed by atoms with Crippen LogP contribution in [0.1, 0.15) is 25.7 Å². The Morgan fingerprint density at radius 2 is 2.33 bits per heavy atom. The number of rotatable bonds is 3. The summed E-state index contributed by atoms with van der Waals surface area (Å²) in [5.41, 5.74) is 6.81. The SMILES string of the molecule is COc1ccc2nc(NC(=O)C3CCCC(N)C3)sc2c1. The molecule has 0 bridgehead atoms. The molecule has 6 heteroatoms. The second-order valence-corrected chi connectivity index (χ2v) is 6.50. The highest BCUT2D eigenvalue weighted by molar-refractivity contribution is 7.22. The van der Waals surface area contributed by atoms with Gasteiger partial charge in [-0.25, -0.2) is 4.98 Å². The maximum atomic E-state index is 12.3. The highest BCUT2D eigenvalue weighted by Gasteiger charge is 2.25. The molecule has 5 nitrogen and oxygen atoms in total. The molecule has 1 aliphatic carbocycles. The Kier molecular flexibility index (Phi) is 4.07. The lowest BCUT2D eigenvalue weighted by Crippen LogP contribution is -2.34. The summed E-state index contributed by atoms with van der Waals surface area (Å²) in [7, 11) is 1.64. The number of methoxy groups -OCH3 is 1. The first-order valence-corrected chi connectivity index (χ1v) is 7.98. The van der Waals surface area contributed by atoms with Crippen LogP contribution in [0.3, 0.4) is 0 Å². The lowest BCUT2D eigenvalue weighted by molar-refractivity contribution is -0.120. The molecule has 0 aliphatic heterocycles. The molecule has 2 aromatic rings. The van der Waals surface area contributed by atoms with Crippen molar-refractivity contribution < 1.29 is 9.53 Å². The number of nitrogens with one attached hydrogen (secondary N) is 1. The zero-order valence-electron chi connectivity index (χ0n) is 12.0. The first-order valence-electron chi connectivity index (χ1n) is 7.16. The predicted molar refractivity (Wildman–Crippen MR) is 84.7 cm³/mol. The first-order chi connectivity index (χ1) is 10.2. The average Bonchev–Trinajstić information content (AvgIpc) is 2.88. The number of carbonyl (C=O) groups excluding carboxylic acids is 1. The van der Waals surface area contributed by atoms with Gasteiger partial charge in [-0.15, -0.1) is 0 Å². The van der Waals surface area contributed by atoms with E-state index in [0.29, 0.717) is 5.13 Å². The van der Waals surface area contributed by atoms with Gasteiger partial charge in [-0.1, -0.05) is 17.8 Å². The van der Waals surface area contributed by atoms with Gasteiger partial charge >= 0.3 is 0 Å². The van der Waals surface area contributed by atoms with Gasteiger partial charge in [0.25, 0.3) is 0 Å². The van der Waals surface area contributed by atoms with Crippen LogP contribution >= 0.6 is 11.3 Å². The monoisotopic (exact) mass is 305 g/mol. The molecule has 1 saturated carbocycles. The lowest BCUT2D eigenvalue weighted by atomic mass is 9.86. The maximum absolute atomic E-state index is 12.3. The number of anilines is 1. The number of nitrogens with zero attached hydrogens (tertiary/aromatic N) is 1. The molecule has 1 aromatic heterocycles. The zero-order valence-corrected chi connectivity index (χ0v) is 12.8. The van der Waals surface area contributed by atoms with Gasteiger partial charge in [-0.3, -0.25) is 4.79 Å². The minimum absolute atomic E-state index is 0.00954. The number of benzene rings is 1. The van der Waals surface area contributed by atoms with Gasteiger partial charge < -0.3 is 15.8 Å². The average molecular weight is 305 g/mol. The summed E-state index contributed by atoms with van der Waals surface area (Å²) in [6, 6.07) is 5.85. The number of carbonyl (C=O) groups is 1. The molecule has 3 rings (SSSR count). The summed E-state index contributed by atoms with van der Waals surface area (Å²) in [5, 5.41) is 3.57. The molecule has 21 heavy (non-hydrogen) atoms. The van der Waals surface area contributed by atoms with Crippen molar-refractivity contribution in [2.45, 2.75) is 31.7 Å². The molecular formula is C15H19N3O2S. The second-order valence-electron chi connectivity index (χ2n) is 5.47. The smallest absolute Gasteiger partial charge is 0.229 e. The largest absolute Gasteiger partial charge is 0.497 e. The number of amides is 1. The minimum Gasteiger partial charge on any atom is -0.497 e. The van der Waals surface area contributed by atoms with E-state index in [9.17, 15) is 4.79 Å². The van der Waals surface area contributed by atoms with Crippen molar-refractivity contribution in [3.05, 3.63) is 18.2 Å². The van der Waals surface area contributed by atoms with Gasteiger partial charge in [0.05, 0.1) is 17.3 Å². The normalized spacial score (nSPS) is 22.2. The highest BCUT2D eigenvalue weighted by Crippen LogP contribution is 2.30. The maximum Gasteiger partial charge on any atom is 0.229 e. The Hall–Kier alpha value is -1.66. The summed E-state index contributed by atoms with van der Waals surface area (Å²) in [5.74, 6) is 0.841. The van der Waals surface area contributed by atoms with Gasteiger partial charge in [0.2, 0.25) is 5.91 Å². The predicted octanol–water partition coefficient (Wildman–Crippen LogP) is 2.76. The molecule has 1 amide bonds. The molecule has 2 atom stereocenters. The highest BCUT2D eigenvalue weighted by atomic mass is 32.1. The molecular weight excluding hydrogens is 286 g/mol. The standard InChI is InChI=1S/C15H19N3O2S/c1-20-11-5-6-12-13(8-11)21-15(17-12)18-14(19)9-3-2-4-10(16)7-9/h5-6,8-10H,2-4,7,16H2,1H3,(H,17,18,19). The van der Waals surface area contributed by atoms with Crippen LogP contribution in [0.2, 0.25) is 0 Å². The van der Waals surface area contributed by atoms with Crippen LogP contribution < -0.4 is 15.8 Å². The number of ether oxygens (including phenoxy) is 1. The van der Waals surface area contributed by atoms with Gasteiger partial charge in [0.15, 0.2) is 5.13 Å². The number of thiazole rings is 1. The summed E-state index contributed by atoms with van der Waals surface area (Å²) in [4.78, 5) is 16.7. The van der Waals surface area contributed by atoms with Crippen LogP contribution in [0.4, 0.5) is 5.13 Å². The summed E-state index contributed by atoms with van der Waals surface area (Å²) < 4.78 is 6.20. The van der Waals surface area contributed by atoms with Crippen molar-refractivity contribution in [2.75, 3.05) is 12.4 Å². The quantitative estimate of drug-likeness (QED) is 0.914. The van der Waals surface area contributed by atoms with Crippen molar-refractivity contribution in [3.63, 3.8) is 0 Å². The fourth-order valence-corrected chi connectivity index (χ4v) is 3.66. The van der Waals surface area contributed by atoms with Crippen LogP contribution in [0.5, 0.6) is 5.75 Å². The molecule has 0 spiro atoms. The molecule has 112 valence electrons. The van der Waals surface area contributed by atoms with Gasteiger partial charge in [0, 0.05) is 12.0 Å². The van der Waals surface area contributed by atoms with E-state index in [-0.39, 0.29) is 17.9 Å². The van der Waals surface area contributed by atoms with Crippen LogP contribution in [-0.4, -0.2) is 24.0 Å². The second kappa shape index (κ2) is 5.99. The Balaban J connectivity index is 1.73. The third kappa shape index (κ3) is 3.16. The first kappa shape index (κ1) is 14.3. The van der Waals surface area contributed by atoms with Crippen LogP contribution in [0.25, 0.3) is 10.2 Å². The van der Waals surface area contributed by atoms with E-state index in [2.05, 4.69) is 10.3 Å². The van der Waals surface area contributed by atoms with Crippen LogP contribution in [0, 0.1) is 5.92 Å². The molecule has 1 heterocycles. The molecule has 1 aliphatic rings. The van der Waals surface area contributed by atoms with E-state index >= 15 is 0 Å². The number of hydrogen-bond acceptors (Lipinski definition) is 5. The van der Waals surface area contributed by atoms with E-state index < -0.39 is 0 Å². The van der Waals surface area contributed by atoms with Gasteiger partial charge in [-0.2, -0.15) is 0 Å². The van der Waals surface area contributed by atoms with Crippen LogP contribution in [0.15, 0.2) is 18.2 Å². The van der Waals surface area contributed by atoms with Crippen molar-refractivity contribution in [3.8, 4) is 5.75 Å². The van der Waals surface area contributed by atoms with Crippen molar-refractivity contribution in [2.24, 2.45) is 11.7 Å². The fraction of sp³-hybridized carbons (Fsp3) is 0.467. The molecule has 3 N–H and O–H groups in total. The number of aromatic nitrogens is 1. The molecule has 1 fully saturated rings. The summed E-state index contributed by atoms with van der Waals surface area (Å²) >= 11 is 1.47. The van der Waals surface area contributed by atoms with E-state index in [1.54, 1.807) is 7.11 Å². The summed E-state index contributed by atoms with van der Waals surface area (Å²) in [6.45, 7) is 0. The minimum atomic E-state index is 0.00954. The zero-order chi connectivity index (χ0) is 14.8. The van der Waals surface area contributed by atoms with E-state index in [0.717, 1.165) is 41.6 Å². The van der Waals surface area contributed by atoms with E-state index in [1.807, 2.05) is 18.2 Å². The Bertz CT molecular complexity index is 655. The topological polar surface area (TPSA) is 77.2 Å². The van der Waals surface area contributed by atoms with Gasteiger partial charge in [-0.05, 0) is 37.5 Å². The number of hydrogen-bond donors (Lipinski definition) is 2. The third-order valence-corrected chi connectivity index (χ3v) is 4.84. The third-order valence-electron chi connectivity index (χ3n) is 3.91. The fourth-order valence-electron chi connectivity index (χ4n) is 2.76. The lowest BCUT2D eigenvalue weighted by Gasteiger charge is -2.25. The molecule has 0 radical (unpaired) electrons. The number of nitrogens with two attached hydrogens (primary N) is 1. The van der Waals surface area contributed by atoms with Crippen molar-refractivity contribution in [1.29, 1.82) is 0 Å². The van der Waals surface area contributed by atoms with Crippen molar-refractivity contribution in [1.82, 2.24) is 4.98 Å².